The Morgan fingerprint density at radius 3 is 2.71 bits per heavy atom. The van der Waals surface area contributed by atoms with Crippen molar-refractivity contribution in [1.29, 1.82) is 0 Å². The molecule has 0 amide bonds. The van der Waals surface area contributed by atoms with E-state index in [1.54, 1.807) is 6.33 Å². The second kappa shape index (κ2) is 7.18. The van der Waals surface area contributed by atoms with Gasteiger partial charge in [0.25, 0.3) is 0 Å². The van der Waals surface area contributed by atoms with Crippen molar-refractivity contribution in [1.82, 2.24) is 20.1 Å². The number of hydrogen-bond acceptors (Lipinski definition) is 3. The Hall–Kier alpha value is -1.20. The molecule has 5 heteroatoms. The number of hydrogen-bond donors (Lipinski definition) is 1. The van der Waals surface area contributed by atoms with Gasteiger partial charge in [0.15, 0.2) is 0 Å². The van der Waals surface area contributed by atoms with Crippen LogP contribution in [0.5, 0.6) is 0 Å². The Labute approximate surface area is 135 Å². The summed E-state index contributed by atoms with van der Waals surface area (Å²) in [5.74, 6) is 1.59. The molecule has 1 unspecified atom stereocenters. The van der Waals surface area contributed by atoms with E-state index in [4.69, 9.17) is 0 Å². The molecule has 0 radical (unpaired) electrons. The summed E-state index contributed by atoms with van der Waals surface area (Å²) < 4.78 is 3.15. The van der Waals surface area contributed by atoms with E-state index in [-0.39, 0.29) is 6.04 Å². The third kappa shape index (κ3) is 4.14. The molecule has 1 heterocycles. The first-order valence-corrected chi connectivity index (χ1v) is 8.10. The van der Waals surface area contributed by atoms with E-state index >= 15 is 0 Å². The predicted molar refractivity (Wildman–Crippen MR) is 89.2 cm³/mol. The van der Waals surface area contributed by atoms with Crippen LogP contribution in [0.15, 0.2) is 29.0 Å². The van der Waals surface area contributed by atoms with Crippen molar-refractivity contribution >= 4 is 15.9 Å². The maximum absolute atomic E-state index is 4.42. The molecule has 21 heavy (non-hydrogen) atoms. The fraction of sp³-hybridized carbons (Fsp3) is 0.500. The van der Waals surface area contributed by atoms with Gasteiger partial charge >= 0.3 is 0 Å². The molecule has 0 fully saturated rings. The van der Waals surface area contributed by atoms with Gasteiger partial charge in [-0.25, -0.2) is 9.67 Å². The Kier molecular flexibility index (Phi) is 5.53. The van der Waals surface area contributed by atoms with Gasteiger partial charge in [0, 0.05) is 23.5 Å². The minimum absolute atomic E-state index is 0.233. The van der Waals surface area contributed by atoms with Crippen molar-refractivity contribution in [2.24, 2.45) is 5.92 Å². The van der Waals surface area contributed by atoms with Crippen LogP contribution in [0, 0.1) is 12.8 Å². The lowest BCUT2D eigenvalue weighted by molar-refractivity contribution is 0.451. The van der Waals surface area contributed by atoms with E-state index < -0.39 is 0 Å². The van der Waals surface area contributed by atoms with Crippen molar-refractivity contribution < 1.29 is 0 Å². The van der Waals surface area contributed by atoms with Crippen LogP contribution in [0.1, 0.15) is 36.8 Å². The molecule has 114 valence electrons. The van der Waals surface area contributed by atoms with Gasteiger partial charge in [-0.1, -0.05) is 41.9 Å². The summed E-state index contributed by atoms with van der Waals surface area (Å²) >= 11 is 3.61. The lowest BCUT2D eigenvalue weighted by Crippen LogP contribution is -2.22. The monoisotopic (exact) mass is 350 g/mol. The van der Waals surface area contributed by atoms with Gasteiger partial charge in [-0.2, -0.15) is 5.10 Å². The summed E-state index contributed by atoms with van der Waals surface area (Å²) in [6.45, 7) is 7.39. The number of benzene rings is 1. The number of halogens is 1. The Morgan fingerprint density at radius 2 is 2.10 bits per heavy atom. The van der Waals surface area contributed by atoms with Crippen molar-refractivity contribution in [3.05, 3.63) is 46.0 Å². The van der Waals surface area contributed by atoms with Gasteiger partial charge in [0.2, 0.25) is 0 Å². The summed E-state index contributed by atoms with van der Waals surface area (Å²) in [6, 6.07) is 6.73. The number of likely N-dealkylation sites (N-methyl/N-ethyl adjacent to an activating group) is 1. The van der Waals surface area contributed by atoms with Gasteiger partial charge in [0.1, 0.15) is 12.2 Å². The lowest BCUT2D eigenvalue weighted by Gasteiger charge is -2.18. The largest absolute Gasteiger partial charge is 0.313 e. The van der Waals surface area contributed by atoms with Crippen molar-refractivity contribution in [2.75, 3.05) is 7.05 Å². The maximum Gasteiger partial charge on any atom is 0.138 e. The highest BCUT2D eigenvalue weighted by Crippen LogP contribution is 2.23. The molecular weight excluding hydrogens is 328 g/mol. The SMILES string of the molecule is CNC(Cc1ncnn1CC(C)C)c1ccc(C)c(Br)c1. The minimum atomic E-state index is 0.233. The second-order valence-electron chi connectivity index (χ2n) is 5.81. The summed E-state index contributed by atoms with van der Waals surface area (Å²) in [6.07, 6.45) is 2.48. The van der Waals surface area contributed by atoms with Gasteiger partial charge in [-0.3, -0.25) is 0 Å². The van der Waals surface area contributed by atoms with Crippen LogP contribution in [-0.2, 0) is 13.0 Å². The zero-order valence-corrected chi connectivity index (χ0v) is 14.7. The van der Waals surface area contributed by atoms with Crippen LogP contribution in [-0.4, -0.2) is 21.8 Å². The van der Waals surface area contributed by atoms with Crippen LogP contribution >= 0.6 is 15.9 Å². The molecule has 0 aliphatic carbocycles. The number of aromatic nitrogens is 3. The highest BCUT2D eigenvalue weighted by Gasteiger charge is 2.15. The predicted octanol–water partition coefficient (Wildman–Crippen LogP) is 3.51. The normalized spacial score (nSPS) is 12.9. The quantitative estimate of drug-likeness (QED) is 0.866. The van der Waals surface area contributed by atoms with Crippen LogP contribution in [0.25, 0.3) is 0 Å². The minimum Gasteiger partial charge on any atom is -0.313 e. The van der Waals surface area contributed by atoms with E-state index in [0.717, 1.165) is 23.3 Å². The average molecular weight is 351 g/mol. The zero-order chi connectivity index (χ0) is 15.4. The topological polar surface area (TPSA) is 42.7 Å². The number of aryl methyl sites for hydroxylation is 1. The summed E-state index contributed by atoms with van der Waals surface area (Å²) in [5.41, 5.74) is 2.51. The molecule has 2 aromatic rings. The molecular formula is C16H23BrN4. The standard InChI is InChI=1S/C16H23BrN4/c1-11(2)9-21-16(19-10-20-21)8-15(18-4)13-6-5-12(3)14(17)7-13/h5-7,10-11,15,18H,8-9H2,1-4H3. The van der Waals surface area contributed by atoms with E-state index in [1.807, 2.05) is 11.7 Å². The molecule has 1 N–H and O–H groups in total. The molecule has 0 saturated heterocycles. The first kappa shape index (κ1) is 16.2. The van der Waals surface area contributed by atoms with Crippen LogP contribution in [0.3, 0.4) is 0 Å². The fourth-order valence-corrected chi connectivity index (χ4v) is 2.74. The molecule has 0 bridgehead atoms. The van der Waals surface area contributed by atoms with Gasteiger partial charge in [-0.15, -0.1) is 0 Å². The van der Waals surface area contributed by atoms with Gasteiger partial charge in [0.05, 0.1) is 0 Å². The second-order valence-corrected chi connectivity index (χ2v) is 6.66. The number of rotatable bonds is 6. The van der Waals surface area contributed by atoms with Crippen LogP contribution in [0.4, 0.5) is 0 Å². The third-order valence-electron chi connectivity index (χ3n) is 3.57. The molecule has 0 aliphatic heterocycles. The first-order valence-electron chi connectivity index (χ1n) is 7.31. The maximum atomic E-state index is 4.42. The fourth-order valence-electron chi connectivity index (χ4n) is 2.34. The molecule has 1 atom stereocenters. The summed E-state index contributed by atoms with van der Waals surface area (Å²) in [5, 5.41) is 7.72. The van der Waals surface area contributed by atoms with Crippen LogP contribution in [0.2, 0.25) is 0 Å². The molecule has 4 nitrogen and oxygen atoms in total. The van der Waals surface area contributed by atoms with Crippen LogP contribution < -0.4 is 5.32 Å². The Balaban J connectivity index is 2.19. The van der Waals surface area contributed by atoms with Gasteiger partial charge in [-0.05, 0) is 37.1 Å². The zero-order valence-electron chi connectivity index (χ0n) is 13.1. The molecule has 2 rings (SSSR count). The van der Waals surface area contributed by atoms with E-state index in [9.17, 15) is 0 Å². The van der Waals surface area contributed by atoms with Crippen molar-refractivity contribution in [2.45, 2.75) is 39.8 Å². The molecule has 0 spiro atoms. The van der Waals surface area contributed by atoms with E-state index in [1.165, 1.54) is 11.1 Å². The number of nitrogens with one attached hydrogen (secondary N) is 1. The highest BCUT2D eigenvalue weighted by molar-refractivity contribution is 9.10. The Bertz CT molecular complexity index is 592. The molecule has 1 aromatic heterocycles. The van der Waals surface area contributed by atoms with E-state index in [2.05, 4.69) is 70.3 Å². The molecule has 0 aliphatic rings. The highest BCUT2D eigenvalue weighted by atomic mass is 79.9. The first-order chi connectivity index (χ1) is 10.0. The average Bonchev–Trinajstić information content (AvgIpc) is 2.85. The lowest BCUT2D eigenvalue weighted by atomic mass is 10.0. The van der Waals surface area contributed by atoms with E-state index in [0.29, 0.717) is 5.92 Å². The Morgan fingerprint density at radius 1 is 1.33 bits per heavy atom. The molecule has 1 aromatic carbocycles. The van der Waals surface area contributed by atoms with Gasteiger partial charge < -0.3 is 5.32 Å². The third-order valence-corrected chi connectivity index (χ3v) is 4.42. The van der Waals surface area contributed by atoms with Crippen molar-refractivity contribution in [3.63, 3.8) is 0 Å². The summed E-state index contributed by atoms with van der Waals surface area (Å²) in [4.78, 5) is 4.42. The smallest absolute Gasteiger partial charge is 0.138 e. The van der Waals surface area contributed by atoms with Crippen molar-refractivity contribution in [3.8, 4) is 0 Å². The molecule has 0 saturated carbocycles. The summed E-state index contributed by atoms with van der Waals surface area (Å²) in [7, 11) is 1.99. The number of nitrogens with zero attached hydrogens (tertiary/aromatic N) is 3.